The molecule has 168 valence electrons. The number of anilines is 1. The SMILES string of the molecule is Cc1ccccc1NC(=O)NC(c1ccc(C(F)(F)F)cc1)c1ncccc1C(F)(F)F. The van der Waals surface area contributed by atoms with Gasteiger partial charge in [-0.15, -0.1) is 0 Å². The lowest BCUT2D eigenvalue weighted by Gasteiger charge is -2.23. The first kappa shape index (κ1) is 23.1. The van der Waals surface area contributed by atoms with Crippen LogP contribution in [0.15, 0.2) is 66.9 Å². The van der Waals surface area contributed by atoms with Gasteiger partial charge in [0.05, 0.1) is 22.9 Å². The van der Waals surface area contributed by atoms with Crippen molar-refractivity contribution in [3.63, 3.8) is 0 Å². The van der Waals surface area contributed by atoms with Gasteiger partial charge >= 0.3 is 18.4 Å². The van der Waals surface area contributed by atoms with Crippen molar-refractivity contribution in [1.82, 2.24) is 10.3 Å². The van der Waals surface area contributed by atoms with Crippen LogP contribution in [-0.2, 0) is 12.4 Å². The number of carbonyl (C=O) groups is 1. The predicted molar refractivity (Wildman–Crippen MR) is 106 cm³/mol. The van der Waals surface area contributed by atoms with Crippen LogP contribution in [0.25, 0.3) is 0 Å². The maximum atomic E-state index is 13.6. The molecule has 0 aliphatic carbocycles. The van der Waals surface area contributed by atoms with Crippen molar-refractivity contribution < 1.29 is 31.1 Å². The summed E-state index contributed by atoms with van der Waals surface area (Å²) in [7, 11) is 0. The molecule has 4 nitrogen and oxygen atoms in total. The second-order valence-electron chi connectivity index (χ2n) is 6.90. The van der Waals surface area contributed by atoms with E-state index in [4.69, 9.17) is 0 Å². The minimum Gasteiger partial charge on any atom is -0.325 e. The molecule has 0 saturated heterocycles. The van der Waals surface area contributed by atoms with E-state index in [1.807, 2.05) is 0 Å². The highest BCUT2D eigenvalue weighted by Gasteiger charge is 2.37. The molecule has 1 atom stereocenters. The molecule has 1 aromatic heterocycles. The Hall–Kier alpha value is -3.56. The van der Waals surface area contributed by atoms with Crippen molar-refractivity contribution in [2.75, 3.05) is 5.32 Å². The largest absolute Gasteiger partial charge is 0.418 e. The molecule has 0 spiro atoms. The molecular weight excluding hydrogens is 436 g/mol. The lowest BCUT2D eigenvalue weighted by molar-refractivity contribution is -0.139. The number of hydrogen-bond acceptors (Lipinski definition) is 2. The smallest absolute Gasteiger partial charge is 0.325 e. The van der Waals surface area contributed by atoms with Gasteiger partial charge in [-0.1, -0.05) is 30.3 Å². The van der Waals surface area contributed by atoms with Crippen molar-refractivity contribution >= 4 is 11.7 Å². The van der Waals surface area contributed by atoms with E-state index in [-0.39, 0.29) is 5.56 Å². The summed E-state index contributed by atoms with van der Waals surface area (Å²) in [5.41, 5.74) is -1.49. The summed E-state index contributed by atoms with van der Waals surface area (Å²) in [6, 6.07) is 9.80. The number of aryl methyl sites for hydroxylation is 1. The van der Waals surface area contributed by atoms with Gasteiger partial charge in [-0.05, 0) is 48.4 Å². The monoisotopic (exact) mass is 453 g/mol. The summed E-state index contributed by atoms with van der Waals surface area (Å²) < 4.78 is 79.4. The Morgan fingerprint density at radius 3 is 2.12 bits per heavy atom. The highest BCUT2D eigenvalue weighted by molar-refractivity contribution is 5.90. The summed E-state index contributed by atoms with van der Waals surface area (Å²) in [5, 5.41) is 4.94. The zero-order chi connectivity index (χ0) is 23.5. The van der Waals surface area contributed by atoms with Gasteiger partial charge < -0.3 is 10.6 Å². The van der Waals surface area contributed by atoms with E-state index in [1.54, 1.807) is 31.2 Å². The number of hydrogen-bond donors (Lipinski definition) is 2. The normalized spacial score (nSPS) is 12.8. The van der Waals surface area contributed by atoms with Crippen LogP contribution in [0.5, 0.6) is 0 Å². The number of halogens is 6. The van der Waals surface area contributed by atoms with Crippen molar-refractivity contribution in [3.05, 3.63) is 94.8 Å². The maximum Gasteiger partial charge on any atom is 0.418 e. The van der Waals surface area contributed by atoms with Gasteiger partial charge in [0.1, 0.15) is 0 Å². The molecule has 0 radical (unpaired) electrons. The number of para-hydroxylation sites is 1. The van der Waals surface area contributed by atoms with Crippen LogP contribution in [-0.4, -0.2) is 11.0 Å². The Kier molecular flexibility index (Phi) is 6.42. The fourth-order valence-electron chi connectivity index (χ4n) is 3.06. The number of urea groups is 1. The fraction of sp³-hybridized carbons (Fsp3) is 0.182. The Labute approximate surface area is 179 Å². The van der Waals surface area contributed by atoms with Crippen LogP contribution >= 0.6 is 0 Å². The number of nitrogens with one attached hydrogen (secondary N) is 2. The first-order valence-electron chi connectivity index (χ1n) is 9.29. The summed E-state index contributed by atoms with van der Waals surface area (Å²) in [6.45, 7) is 1.73. The molecule has 3 rings (SSSR count). The number of carbonyl (C=O) groups excluding carboxylic acids is 1. The average molecular weight is 453 g/mol. The van der Waals surface area contributed by atoms with Gasteiger partial charge in [0.25, 0.3) is 0 Å². The van der Waals surface area contributed by atoms with Crippen LogP contribution in [0, 0.1) is 6.92 Å². The van der Waals surface area contributed by atoms with Crippen molar-refractivity contribution in [2.45, 2.75) is 25.3 Å². The maximum absolute atomic E-state index is 13.6. The summed E-state index contributed by atoms with van der Waals surface area (Å²) in [5.74, 6) is 0. The minimum atomic E-state index is -4.79. The molecule has 10 heteroatoms. The third-order valence-electron chi connectivity index (χ3n) is 4.66. The zero-order valence-electron chi connectivity index (χ0n) is 16.6. The summed E-state index contributed by atoms with van der Waals surface area (Å²) in [6.07, 6.45) is -8.30. The molecule has 3 aromatic rings. The molecule has 2 amide bonds. The van der Waals surface area contributed by atoms with Gasteiger partial charge in [-0.25, -0.2) is 4.79 Å². The molecule has 2 N–H and O–H groups in total. The van der Waals surface area contributed by atoms with Gasteiger partial charge in [-0.2, -0.15) is 26.3 Å². The van der Waals surface area contributed by atoms with Crippen molar-refractivity contribution in [3.8, 4) is 0 Å². The highest BCUT2D eigenvalue weighted by atomic mass is 19.4. The Morgan fingerprint density at radius 2 is 1.53 bits per heavy atom. The van der Waals surface area contributed by atoms with E-state index in [0.717, 1.165) is 42.6 Å². The van der Waals surface area contributed by atoms with Crippen LogP contribution < -0.4 is 10.6 Å². The standard InChI is InChI=1S/C22H17F6N3O/c1-13-5-2-3-7-17(13)30-20(32)31-18(14-8-10-15(11-9-14)21(23,24)25)19-16(22(26,27)28)6-4-12-29-19/h2-12,18H,1H3,(H2,30,31,32). The Morgan fingerprint density at radius 1 is 0.875 bits per heavy atom. The molecule has 1 unspecified atom stereocenters. The van der Waals surface area contributed by atoms with Gasteiger partial charge in [0.15, 0.2) is 0 Å². The average Bonchev–Trinajstić information content (AvgIpc) is 2.72. The van der Waals surface area contributed by atoms with E-state index in [2.05, 4.69) is 15.6 Å². The summed E-state index contributed by atoms with van der Waals surface area (Å²) >= 11 is 0. The highest BCUT2D eigenvalue weighted by Crippen LogP contribution is 2.36. The molecule has 0 aliphatic heterocycles. The van der Waals surface area contributed by atoms with Gasteiger partial charge in [0.2, 0.25) is 0 Å². The molecule has 0 bridgehead atoms. The molecule has 1 heterocycles. The van der Waals surface area contributed by atoms with Gasteiger partial charge in [-0.3, -0.25) is 4.98 Å². The molecular formula is C22H17F6N3O. The number of aromatic nitrogens is 1. The Balaban J connectivity index is 2.01. The van der Waals surface area contributed by atoms with Gasteiger partial charge in [0, 0.05) is 11.9 Å². The van der Waals surface area contributed by atoms with E-state index < -0.39 is 41.2 Å². The molecule has 0 aliphatic rings. The van der Waals surface area contributed by atoms with Crippen molar-refractivity contribution in [1.29, 1.82) is 0 Å². The van der Waals surface area contributed by atoms with Crippen LogP contribution in [0.3, 0.4) is 0 Å². The van der Waals surface area contributed by atoms with Crippen LogP contribution in [0.1, 0.15) is 34.0 Å². The van der Waals surface area contributed by atoms with Crippen LogP contribution in [0.4, 0.5) is 36.8 Å². The third kappa shape index (κ3) is 5.37. The predicted octanol–water partition coefficient (Wildman–Crippen LogP) is 6.34. The molecule has 0 fully saturated rings. The zero-order valence-corrected chi connectivity index (χ0v) is 16.6. The summed E-state index contributed by atoms with van der Waals surface area (Å²) in [4.78, 5) is 16.4. The number of benzene rings is 2. The molecule has 32 heavy (non-hydrogen) atoms. The van der Waals surface area contributed by atoms with Crippen molar-refractivity contribution in [2.24, 2.45) is 0 Å². The first-order valence-corrected chi connectivity index (χ1v) is 9.29. The van der Waals surface area contributed by atoms with Crippen LogP contribution in [0.2, 0.25) is 0 Å². The Bertz CT molecular complexity index is 1090. The van der Waals surface area contributed by atoms with E-state index in [0.29, 0.717) is 11.3 Å². The topological polar surface area (TPSA) is 54.0 Å². The first-order chi connectivity index (χ1) is 15.0. The minimum absolute atomic E-state index is 0.00198. The fourth-order valence-corrected chi connectivity index (χ4v) is 3.06. The molecule has 2 aromatic carbocycles. The van der Waals surface area contributed by atoms with E-state index in [1.165, 1.54) is 0 Å². The number of amides is 2. The lowest BCUT2D eigenvalue weighted by atomic mass is 9.98. The molecule has 0 saturated carbocycles. The van der Waals surface area contributed by atoms with E-state index in [9.17, 15) is 31.1 Å². The number of rotatable bonds is 4. The number of alkyl halides is 6. The second kappa shape index (κ2) is 8.89. The lowest BCUT2D eigenvalue weighted by Crippen LogP contribution is -2.35. The quantitative estimate of drug-likeness (QED) is 0.453. The number of nitrogens with zero attached hydrogens (tertiary/aromatic N) is 1. The second-order valence-corrected chi connectivity index (χ2v) is 6.90. The third-order valence-corrected chi connectivity index (χ3v) is 4.66. The van der Waals surface area contributed by atoms with E-state index >= 15 is 0 Å². The number of pyridine rings is 1.